The van der Waals surface area contributed by atoms with Crippen molar-refractivity contribution in [2.75, 3.05) is 18.0 Å². The van der Waals surface area contributed by atoms with Gasteiger partial charge in [-0.25, -0.2) is 4.98 Å². The fraction of sp³-hybridized carbons (Fsp3) is 0.583. The first-order valence-electron chi connectivity index (χ1n) is 5.56. The number of rotatable bonds is 5. The second kappa shape index (κ2) is 6.11. The Balaban J connectivity index is 2.89. The molecule has 0 radical (unpaired) electrons. The van der Waals surface area contributed by atoms with Crippen molar-refractivity contribution in [2.45, 2.75) is 33.6 Å². The van der Waals surface area contributed by atoms with Crippen LogP contribution in [0.2, 0.25) is 0 Å². The van der Waals surface area contributed by atoms with E-state index in [9.17, 15) is 0 Å². The maximum atomic E-state index is 4.49. The van der Waals surface area contributed by atoms with Gasteiger partial charge in [0.15, 0.2) is 0 Å². The molecule has 1 rings (SSSR count). The summed E-state index contributed by atoms with van der Waals surface area (Å²) in [7, 11) is 0. The molecule has 0 aliphatic carbocycles. The number of anilines is 1. The lowest BCUT2D eigenvalue weighted by Gasteiger charge is -2.24. The van der Waals surface area contributed by atoms with E-state index in [0.29, 0.717) is 0 Å². The second-order valence-corrected chi connectivity index (χ2v) is 4.70. The van der Waals surface area contributed by atoms with Gasteiger partial charge in [-0.3, -0.25) is 0 Å². The van der Waals surface area contributed by atoms with Gasteiger partial charge < -0.3 is 4.90 Å². The average Bonchev–Trinajstić information content (AvgIpc) is 2.17. The quantitative estimate of drug-likeness (QED) is 0.810. The van der Waals surface area contributed by atoms with Crippen LogP contribution >= 0.6 is 15.9 Å². The fourth-order valence-electron chi connectivity index (χ4n) is 1.73. The molecule has 1 heterocycles. The van der Waals surface area contributed by atoms with Crippen molar-refractivity contribution in [1.29, 1.82) is 0 Å². The summed E-state index contributed by atoms with van der Waals surface area (Å²) in [6.45, 7) is 8.70. The normalized spacial score (nSPS) is 10.4. The van der Waals surface area contributed by atoms with Crippen LogP contribution in [0.25, 0.3) is 0 Å². The lowest BCUT2D eigenvalue weighted by Crippen LogP contribution is -2.26. The minimum atomic E-state index is 1.05. The van der Waals surface area contributed by atoms with Crippen LogP contribution in [0.3, 0.4) is 0 Å². The van der Waals surface area contributed by atoms with Crippen molar-refractivity contribution in [3.8, 4) is 0 Å². The zero-order valence-electron chi connectivity index (χ0n) is 9.76. The molecule has 0 aliphatic rings. The molecule has 15 heavy (non-hydrogen) atoms. The smallest absolute Gasteiger partial charge is 0.131 e. The highest BCUT2D eigenvalue weighted by Crippen LogP contribution is 2.20. The Kier molecular flexibility index (Phi) is 5.09. The number of hydrogen-bond donors (Lipinski definition) is 0. The highest BCUT2D eigenvalue weighted by Gasteiger charge is 2.08. The molecule has 1 aromatic heterocycles. The molecule has 0 bridgehead atoms. The molecule has 0 unspecified atom stereocenters. The number of aromatic nitrogens is 1. The summed E-state index contributed by atoms with van der Waals surface area (Å²) in [4.78, 5) is 6.86. The van der Waals surface area contributed by atoms with Gasteiger partial charge in [0, 0.05) is 23.8 Å². The molecule has 0 spiro atoms. The van der Waals surface area contributed by atoms with Gasteiger partial charge in [-0.05, 0) is 47.3 Å². The van der Waals surface area contributed by atoms with Gasteiger partial charge in [-0.15, -0.1) is 0 Å². The summed E-state index contributed by atoms with van der Waals surface area (Å²) in [5.41, 5.74) is 1.24. The minimum absolute atomic E-state index is 1.05. The zero-order valence-corrected chi connectivity index (χ0v) is 11.3. The molecule has 0 saturated carbocycles. The second-order valence-electron chi connectivity index (χ2n) is 3.78. The number of nitrogens with zero attached hydrogens (tertiary/aromatic N) is 2. The van der Waals surface area contributed by atoms with Gasteiger partial charge in [0.1, 0.15) is 5.82 Å². The van der Waals surface area contributed by atoms with E-state index in [0.717, 1.165) is 36.2 Å². The van der Waals surface area contributed by atoms with E-state index >= 15 is 0 Å². The average molecular weight is 271 g/mol. The standard InChI is InChI=1S/C12H19BrN2/c1-4-6-15(7-5-2)12-10(3)8-11(13)9-14-12/h8-9H,4-7H2,1-3H3. The zero-order chi connectivity index (χ0) is 11.3. The van der Waals surface area contributed by atoms with E-state index in [1.54, 1.807) is 0 Å². The number of halogens is 1. The van der Waals surface area contributed by atoms with E-state index in [-0.39, 0.29) is 0 Å². The Morgan fingerprint density at radius 2 is 1.87 bits per heavy atom. The third-order valence-corrected chi connectivity index (χ3v) is 2.74. The molecule has 0 aliphatic heterocycles. The van der Waals surface area contributed by atoms with E-state index in [4.69, 9.17) is 0 Å². The monoisotopic (exact) mass is 270 g/mol. The lowest BCUT2D eigenvalue weighted by molar-refractivity contribution is 0.731. The molecular formula is C12H19BrN2. The molecule has 1 aromatic rings. The van der Waals surface area contributed by atoms with Crippen molar-refractivity contribution in [1.82, 2.24) is 4.98 Å². The van der Waals surface area contributed by atoms with Crippen LogP contribution < -0.4 is 4.90 Å². The van der Waals surface area contributed by atoms with Crippen LogP contribution in [0.4, 0.5) is 5.82 Å². The van der Waals surface area contributed by atoms with Crippen LogP contribution in [0.1, 0.15) is 32.3 Å². The van der Waals surface area contributed by atoms with E-state index in [1.807, 2.05) is 6.20 Å². The highest BCUT2D eigenvalue weighted by atomic mass is 79.9. The Morgan fingerprint density at radius 3 is 2.33 bits per heavy atom. The van der Waals surface area contributed by atoms with E-state index in [1.165, 1.54) is 5.56 Å². The van der Waals surface area contributed by atoms with Crippen LogP contribution in [0.15, 0.2) is 16.7 Å². The molecule has 3 heteroatoms. The third-order valence-electron chi connectivity index (χ3n) is 2.30. The summed E-state index contributed by atoms with van der Waals surface area (Å²) in [5.74, 6) is 1.13. The molecule has 0 saturated heterocycles. The maximum Gasteiger partial charge on any atom is 0.131 e. The van der Waals surface area contributed by atoms with Crippen molar-refractivity contribution in [3.05, 3.63) is 22.3 Å². The summed E-state index contributed by atoms with van der Waals surface area (Å²) in [5, 5.41) is 0. The van der Waals surface area contributed by atoms with Crippen molar-refractivity contribution < 1.29 is 0 Å². The molecule has 0 N–H and O–H groups in total. The van der Waals surface area contributed by atoms with E-state index < -0.39 is 0 Å². The minimum Gasteiger partial charge on any atom is -0.356 e. The Hall–Kier alpha value is -0.570. The highest BCUT2D eigenvalue weighted by molar-refractivity contribution is 9.10. The van der Waals surface area contributed by atoms with Crippen LogP contribution in [-0.2, 0) is 0 Å². The van der Waals surface area contributed by atoms with Crippen molar-refractivity contribution in [3.63, 3.8) is 0 Å². The number of hydrogen-bond acceptors (Lipinski definition) is 2. The van der Waals surface area contributed by atoms with Gasteiger partial charge in [0.2, 0.25) is 0 Å². The van der Waals surface area contributed by atoms with Crippen molar-refractivity contribution in [2.24, 2.45) is 0 Å². The van der Waals surface area contributed by atoms with Crippen molar-refractivity contribution >= 4 is 21.7 Å². The molecule has 0 aromatic carbocycles. The Morgan fingerprint density at radius 1 is 1.27 bits per heavy atom. The Bertz CT molecular complexity index is 306. The summed E-state index contributed by atoms with van der Waals surface area (Å²) in [6, 6.07) is 2.13. The maximum absolute atomic E-state index is 4.49. The van der Waals surface area contributed by atoms with Gasteiger partial charge in [0.05, 0.1) is 0 Å². The van der Waals surface area contributed by atoms with Gasteiger partial charge >= 0.3 is 0 Å². The first-order valence-corrected chi connectivity index (χ1v) is 6.35. The number of aryl methyl sites for hydroxylation is 1. The van der Waals surface area contributed by atoms with Crippen LogP contribution in [-0.4, -0.2) is 18.1 Å². The van der Waals surface area contributed by atoms with Gasteiger partial charge in [-0.2, -0.15) is 0 Å². The molecule has 0 fully saturated rings. The molecule has 2 nitrogen and oxygen atoms in total. The summed E-state index contributed by atoms with van der Waals surface area (Å²) in [6.07, 6.45) is 4.20. The van der Waals surface area contributed by atoms with Crippen LogP contribution in [0, 0.1) is 6.92 Å². The first kappa shape index (κ1) is 12.5. The Labute approximate surface area is 101 Å². The molecule has 0 atom stereocenters. The van der Waals surface area contributed by atoms with Gasteiger partial charge in [0.25, 0.3) is 0 Å². The molecular weight excluding hydrogens is 252 g/mol. The van der Waals surface area contributed by atoms with E-state index in [2.05, 4.69) is 52.7 Å². The van der Waals surface area contributed by atoms with Gasteiger partial charge in [-0.1, -0.05) is 13.8 Å². The topological polar surface area (TPSA) is 16.1 Å². The first-order chi connectivity index (χ1) is 7.19. The third kappa shape index (κ3) is 3.49. The predicted molar refractivity (Wildman–Crippen MR) is 69.5 cm³/mol. The molecule has 84 valence electrons. The summed E-state index contributed by atoms with van der Waals surface area (Å²) >= 11 is 3.44. The number of pyridine rings is 1. The fourth-order valence-corrected chi connectivity index (χ4v) is 2.17. The van der Waals surface area contributed by atoms with Crippen LogP contribution in [0.5, 0.6) is 0 Å². The predicted octanol–water partition coefficient (Wildman–Crippen LogP) is 3.78. The summed E-state index contributed by atoms with van der Waals surface area (Å²) < 4.78 is 1.05. The SMILES string of the molecule is CCCN(CCC)c1ncc(Br)cc1C. The largest absolute Gasteiger partial charge is 0.356 e. The molecule has 0 amide bonds. The lowest BCUT2D eigenvalue weighted by atomic mass is 10.2.